The number of hydrogen-bond donors (Lipinski definition) is 0. The summed E-state index contributed by atoms with van der Waals surface area (Å²) in [6.07, 6.45) is 1.64. The second kappa shape index (κ2) is 3.77. The summed E-state index contributed by atoms with van der Waals surface area (Å²) >= 11 is 0. The van der Waals surface area contributed by atoms with Gasteiger partial charge in [-0.1, -0.05) is 30.3 Å². The Morgan fingerprint density at radius 2 is 1.40 bits per heavy atom. The molecule has 0 unspecified atom stereocenters. The lowest BCUT2D eigenvalue weighted by Gasteiger charge is -2.14. The van der Waals surface area contributed by atoms with Crippen LogP contribution in [0.2, 0.25) is 0 Å². The van der Waals surface area contributed by atoms with E-state index < -0.39 is 0 Å². The van der Waals surface area contributed by atoms with Gasteiger partial charge < -0.3 is 0 Å². The third kappa shape index (κ3) is 1.29. The van der Waals surface area contributed by atoms with Gasteiger partial charge in [-0.2, -0.15) is 14.9 Å². The molecular weight excluding hydrogens is 254 g/mol. The van der Waals surface area contributed by atoms with Crippen molar-refractivity contribution in [2.24, 2.45) is 0 Å². The van der Waals surface area contributed by atoms with E-state index in [4.69, 9.17) is 0 Å². The molecule has 1 aliphatic rings. The van der Waals surface area contributed by atoms with Gasteiger partial charge in [-0.05, 0) is 18.2 Å². The first-order chi connectivity index (χ1) is 9.77. The predicted octanol–water partition coefficient (Wildman–Crippen LogP) is 1.97. The Hall–Kier alpha value is -2.95. The van der Waals surface area contributed by atoms with E-state index in [0.717, 1.165) is 15.9 Å². The van der Waals surface area contributed by atoms with Crippen molar-refractivity contribution in [3.63, 3.8) is 0 Å². The van der Waals surface area contributed by atoms with Crippen LogP contribution in [0.3, 0.4) is 0 Å². The maximum absolute atomic E-state index is 12.4. The van der Waals surface area contributed by atoms with Gasteiger partial charge in [-0.15, -0.1) is 0 Å². The highest BCUT2D eigenvalue weighted by Gasteiger charge is 2.37. The van der Waals surface area contributed by atoms with Gasteiger partial charge in [0.15, 0.2) is 0 Å². The summed E-state index contributed by atoms with van der Waals surface area (Å²) in [6, 6.07) is 14.2. The third-order valence-corrected chi connectivity index (χ3v) is 3.42. The molecular formula is C15H9N3O2. The normalized spacial score (nSPS) is 14.1. The Bertz CT molecular complexity index is 831. The molecule has 2 aromatic carbocycles. The topological polar surface area (TPSA) is 55.2 Å². The molecule has 5 heteroatoms. The number of para-hydroxylation sites is 1. The smallest absolute Gasteiger partial charge is 0.267 e. The fraction of sp³-hybridized carbons (Fsp3) is 0. The van der Waals surface area contributed by atoms with Gasteiger partial charge in [0.25, 0.3) is 11.8 Å². The highest BCUT2D eigenvalue weighted by atomic mass is 16.2. The van der Waals surface area contributed by atoms with Crippen molar-refractivity contribution in [3.05, 3.63) is 65.9 Å². The summed E-state index contributed by atoms with van der Waals surface area (Å²) in [4.78, 5) is 26.1. The fourth-order valence-electron chi connectivity index (χ4n) is 2.47. The van der Waals surface area contributed by atoms with E-state index in [0.29, 0.717) is 11.1 Å². The Kier molecular flexibility index (Phi) is 2.06. The first-order valence-corrected chi connectivity index (χ1v) is 6.18. The van der Waals surface area contributed by atoms with E-state index in [1.807, 2.05) is 24.3 Å². The van der Waals surface area contributed by atoms with Crippen LogP contribution in [0.15, 0.2) is 54.7 Å². The van der Waals surface area contributed by atoms with Crippen molar-refractivity contribution in [1.29, 1.82) is 0 Å². The Morgan fingerprint density at radius 3 is 2.10 bits per heavy atom. The van der Waals surface area contributed by atoms with E-state index in [1.54, 1.807) is 30.5 Å². The van der Waals surface area contributed by atoms with Crippen LogP contribution in [-0.2, 0) is 0 Å². The lowest BCUT2D eigenvalue weighted by molar-refractivity contribution is 0.0882. The summed E-state index contributed by atoms with van der Waals surface area (Å²) in [5.41, 5.74) is 1.55. The van der Waals surface area contributed by atoms with Gasteiger partial charge >= 0.3 is 0 Å². The van der Waals surface area contributed by atoms with E-state index >= 15 is 0 Å². The average Bonchev–Trinajstić information content (AvgIpc) is 3.01. The highest BCUT2D eigenvalue weighted by Crippen LogP contribution is 2.23. The van der Waals surface area contributed by atoms with E-state index in [9.17, 15) is 9.59 Å². The molecule has 3 aromatic rings. The highest BCUT2D eigenvalue weighted by molar-refractivity contribution is 6.30. The lowest BCUT2D eigenvalue weighted by Crippen LogP contribution is -2.40. The first-order valence-electron chi connectivity index (χ1n) is 6.18. The molecule has 1 aliphatic heterocycles. The number of amides is 2. The van der Waals surface area contributed by atoms with Crippen LogP contribution >= 0.6 is 0 Å². The van der Waals surface area contributed by atoms with E-state index in [1.165, 1.54) is 4.79 Å². The monoisotopic (exact) mass is 263 g/mol. The van der Waals surface area contributed by atoms with Gasteiger partial charge in [-0.25, -0.2) is 0 Å². The largest absolute Gasteiger partial charge is 0.282 e. The van der Waals surface area contributed by atoms with Gasteiger partial charge in [0.05, 0.1) is 22.8 Å². The van der Waals surface area contributed by atoms with Crippen LogP contribution < -0.4 is 5.01 Å². The lowest BCUT2D eigenvalue weighted by atomic mass is 10.1. The molecule has 1 aromatic heterocycles. The van der Waals surface area contributed by atoms with Crippen molar-refractivity contribution in [2.45, 2.75) is 0 Å². The zero-order valence-corrected chi connectivity index (χ0v) is 10.4. The van der Waals surface area contributed by atoms with Crippen LogP contribution in [0.5, 0.6) is 0 Å². The van der Waals surface area contributed by atoms with Crippen LogP contribution in [-0.4, -0.2) is 21.7 Å². The number of rotatable bonds is 1. The van der Waals surface area contributed by atoms with Gasteiger partial charge in [0.2, 0.25) is 0 Å². The zero-order valence-electron chi connectivity index (χ0n) is 10.4. The maximum atomic E-state index is 12.4. The number of carbonyl (C=O) groups excluding carboxylic acids is 2. The van der Waals surface area contributed by atoms with Crippen LogP contribution in [0, 0.1) is 0 Å². The molecule has 5 nitrogen and oxygen atoms in total. The van der Waals surface area contributed by atoms with E-state index in [-0.39, 0.29) is 11.8 Å². The Morgan fingerprint density at radius 1 is 0.800 bits per heavy atom. The van der Waals surface area contributed by atoms with Crippen LogP contribution in [0.25, 0.3) is 10.9 Å². The number of imide groups is 1. The SMILES string of the molecule is O=C1c2ccccc2C(=O)N1n1ncc2ccccc21. The molecule has 0 aliphatic carbocycles. The molecule has 0 saturated heterocycles. The molecule has 0 N–H and O–H groups in total. The second-order valence-corrected chi connectivity index (χ2v) is 4.56. The van der Waals surface area contributed by atoms with Gasteiger partial charge in [-0.3, -0.25) is 9.59 Å². The summed E-state index contributed by atoms with van der Waals surface area (Å²) in [5.74, 6) is -0.695. The molecule has 0 atom stereocenters. The second-order valence-electron chi connectivity index (χ2n) is 4.56. The molecule has 2 amide bonds. The van der Waals surface area contributed by atoms with Crippen LogP contribution in [0.1, 0.15) is 20.7 Å². The van der Waals surface area contributed by atoms with Crippen molar-refractivity contribution in [1.82, 2.24) is 9.89 Å². The zero-order chi connectivity index (χ0) is 13.7. The third-order valence-electron chi connectivity index (χ3n) is 3.42. The number of hydrogen-bond acceptors (Lipinski definition) is 3. The average molecular weight is 263 g/mol. The molecule has 0 saturated carbocycles. The van der Waals surface area contributed by atoms with Crippen molar-refractivity contribution < 1.29 is 9.59 Å². The molecule has 0 spiro atoms. The van der Waals surface area contributed by atoms with Crippen molar-refractivity contribution >= 4 is 22.7 Å². The number of benzene rings is 2. The fourth-order valence-corrected chi connectivity index (χ4v) is 2.47. The minimum atomic E-state index is -0.348. The molecule has 0 bridgehead atoms. The van der Waals surface area contributed by atoms with Gasteiger partial charge in [0.1, 0.15) is 0 Å². The first kappa shape index (κ1) is 10.9. The van der Waals surface area contributed by atoms with Gasteiger partial charge in [0, 0.05) is 5.39 Å². The summed E-state index contributed by atoms with van der Waals surface area (Å²) in [6.45, 7) is 0. The number of carbonyl (C=O) groups is 2. The number of aromatic nitrogens is 2. The minimum absolute atomic E-state index is 0.348. The molecule has 0 fully saturated rings. The van der Waals surface area contributed by atoms with Crippen LogP contribution in [0.4, 0.5) is 0 Å². The molecule has 96 valence electrons. The quantitative estimate of drug-likeness (QED) is 0.631. The van der Waals surface area contributed by atoms with E-state index in [2.05, 4.69) is 5.10 Å². The minimum Gasteiger partial charge on any atom is -0.267 e. The Labute approximate surface area is 114 Å². The Balaban J connectivity index is 1.93. The standard InChI is InChI=1S/C15H9N3O2/c19-14-11-6-2-3-7-12(11)15(20)17(14)18-13-8-4-1-5-10(13)9-16-18/h1-9H. The van der Waals surface area contributed by atoms with Crippen molar-refractivity contribution in [3.8, 4) is 0 Å². The molecule has 2 heterocycles. The number of fused-ring (bicyclic) bond motifs is 2. The maximum Gasteiger partial charge on any atom is 0.282 e. The molecule has 4 rings (SSSR count). The molecule has 20 heavy (non-hydrogen) atoms. The van der Waals surface area contributed by atoms with Crippen molar-refractivity contribution in [2.75, 3.05) is 5.01 Å². The summed E-state index contributed by atoms with van der Waals surface area (Å²) in [5, 5.41) is 6.12. The molecule has 0 radical (unpaired) electrons. The number of nitrogens with zero attached hydrogens (tertiary/aromatic N) is 3. The predicted molar refractivity (Wildman–Crippen MR) is 73.1 cm³/mol. The summed E-state index contributed by atoms with van der Waals surface area (Å²) < 4.78 is 0. The summed E-state index contributed by atoms with van der Waals surface area (Å²) in [7, 11) is 0.